The number of hydrogen-bond donors (Lipinski definition) is 2. The maximum atomic E-state index is 13.5. The topological polar surface area (TPSA) is 90.6 Å². The first kappa shape index (κ1) is 22.3. The number of halogens is 2. The molecule has 0 heterocycles. The third-order valence-electron chi connectivity index (χ3n) is 3.46. The van der Waals surface area contributed by atoms with Crippen LogP contribution in [0.15, 0.2) is 53.4 Å². The molecule has 0 fully saturated rings. The van der Waals surface area contributed by atoms with Crippen molar-refractivity contribution in [3.05, 3.63) is 59.9 Å². The maximum absolute atomic E-state index is 13.5. The zero-order chi connectivity index (χ0) is 18.3. The average molecular weight is 405 g/mol. The van der Waals surface area contributed by atoms with E-state index in [9.17, 15) is 12.8 Å². The summed E-state index contributed by atoms with van der Waals surface area (Å²) in [5.74, 6) is -0.619. The molecule has 144 valence electrons. The van der Waals surface area contributed by atoms with Crippen LogP contribution in [0.3, 0.4) is 0 Å². The van der Waals surface area contributed by atoms with Gasteiger partial charge in [0.25, 0.3) is 0 Å². The quantitative estimate of drug-likeness (QED) is 0.625. The van der Waals surface area contributed by atoms with E-state index in [1.165, 1.54) is 13.2 Å². The highest BCUT2D eigenvalue weighted by Gasteiger charge is 2.21. The van der Waals surface area contributed by atoms with Gasteiger partial charge in [0.1, 0.15) is 23.1 Å². The van der Waals surface area contributed by atoms with Crippen molar-refractivity contribution in [2.75, 3.05) is 26.9 Å². The van der Waals surface area contributed by atoms with Crippen molar-refractivity contribution in [2.24, 2.45) is 5.73 Å². The SMILES string of the molecule is COCCOc1ccc(F)cc1S(=O)(=O)NCC(N)c1ccccc1.Cl. The van der Waals surface area contributed by atoms with Crippen molar-refractivity contribution >= 4 is 22.4 Å². The molecule has 2 rings (SSSR count). The van der Waals surface area contributed by atoms with Gasteiger partial charge in [-0.25, -0.2) is 17.5 Å². The van der Waals surface area contributed by atoms with E-state index in [1.54, 1.807) is 12.1 Å². The molecule has 0 saturated carbocycles. The Labute approximate surface area is 159 Å². The highest BCUT2D eigenvalue weighted by molar-refractivity contribution is 7.89. The highest BCUT2D eigenvalue weighted by Crippen LogP contribution is 2.25. The molecule has 0 aliphatic heterocycles. The van der Waals surface area contributed by atoms with Crippen LogP contribution < -0.4 is 15.2 Å². The fraction of sp³-hybridized carbons (Fsp3) is 0.294. The third-order valence-corrected chi connectivity index (χ3v) is 4.91. The van der Waals surface area contributed by atoms with Gasteiger partial charge in [-0.3, -0.25) is 0 Å². The van der Waals surface area contributed by atoms with Gasteiger partial charge in [-0.15, -0.1) is 12.4 Å². The van der Waals surface area contributed by atoms with E-state index in [4.69, 9.17) is 15.2 Å². The Morgan fingerprint density at radius 1 is 1.15 bits per heavy atom. The molecule has 0 radical (unpaired) electrons. The van der Waals surface area contributed by atoms with Gasteiger partial charge in [-0.05, 0) is 23.8 Å². The van der Waals surface area contributed by atoms with Gasteiger partial charge >= 0.3 is 0 Å². The van der Waals surface area contributed by atoms with Crippen LogP contribution in [0, 0.1) is 5.82 Å². The molecule has 2 aromatic carbocycles. The summed E-state index contributed by atoms with van der Waals surface area (Å²) in [6.45, 7) is 0.401. The molecule has 1 atom stereocenters. The predicted molar refractivity (Wildman–Crippen MR) is 99.6 cm³/mol. The van der Waals surface area contributed by atoms with E-state index in [2.05, 4.69) is 4.72 Å². The van der Waals surface area contributed by atoms with Gasteiger partial charge in [0.05, 0.1) is 6.61 Å². The molecule has 3 N–H and O–H groups in total. The molecule has 0 aliphatic carbocycles. The van der Waals surface area contributed by atoms with Crippen LogP contribution in [0.2, 0.25) is 0 Å². The number of ether oxygens (including phenoxy) is 2. The normalized spacial score (nSPS) is 12.3. The van der Waals surface area contributed by atoms with Gasteiger partial charge in [-0.2, -0.15) is 0 Å². The molecule has 2 aromatic rings. The van der Waals surface area contributed by atoms with E-state index >= 15 is 0 Å². The Morgan fingerprint density at radius 3 is 2.50 bits per heavy atom. The number of benzene rings is 2. The van der Waals surface area contributed by atoms with Crippen LogP contribution >= 0.6 is 12.4 Å². The van der Waals surface area contributed by atoms with Crippen LogP contribution in [-0.2, 0) is 14.8 Å². The van der Waals surface area contributed by atoms with E-state index < -0.39 is 21.9 Å². The number of sulfonamides is 1. The third kappa shape index (κ3) is 6.22. The van der Waals surface area contributed by atoms with Crippen LogP contribution in [-0.4, -0.2) is 35.3 Å². The summed E-state index contributed by atoms with van der Waals surface area (Å²) in [7, 11) is -2.49. The number of rotatable bonds is 9. The van der Waals surface area contributed by atoms with Crippen LogP contribution in [0.1, 0.15) is 11.6 Å². The lowest BCUT2D eigenvalue weighted by Crippen LogP contribution is -2.32. The van der Waals surface area contributed by atoms with Crippen molar-refractivity contribution in [3.8, 4) is 5.75 Å². The number of hydrogen-bond acceptors (Lipinski definition) is 5. The molecular formula is C17H22ClFN2O4S. The molecule has 0 saturated heterocycles. The summed E-state index contributed by atoms with van der Waals surface area (Å²) in [6.07, 6.45) is 0. The average Bonchev–Trinajstić information content (AvgIpc) is 2.62. The van der Waals surface area contributed by atoms with E-state index in [1.807, 2.05) is 18.2 Å². The molecular weight excluding hydrogens is 383 g/mol. The molecule has 0 amide bonds. The first-order valence-corrected chi connectivity index (χ1v) is 9.14. The zero-order valence-corrected chi connectivity index (χ0v) is 15.9. The van der Waals surface area contributed by atoms with Gasteiger partial charge in [0.2, 0.25) is 10.0 Å². The highest BCUT2D eigenvalue weighted by atomic mass is 35.5. The summed E-state index contributed by atoms with van der Waals surface area (Å²) >= 11 is 0. The summed E-state index contributed by atoms with van der Waals surface area (Å²) in [6, 6.07) is 11.9. The standard InChI is InChI=1S/C17H21FN2O4S.ClH/c1-23-9-10-24-16-8-7-14(18)11-17(16)25(21,22)20-12-15(19)13-5-3-2-4-6-13;/h2-8,11,15,20H,9-10,12,19H2,1H3;1H. The fourth-order valence-corrected chi connectivity index (χ4v) is 3.36. The predicted octanol–water partition coefficient (Wildman–Crippen LogP) is 2.25. The summed E-state index contributed by atoms with van der Waals surface area (Å²) in [5, 5.41) is 0. The molecule has 6 nitrogen and oxygen atoms in total. The Bertz CT molecular complexity index is 791. The van der Waals surface area contributed by atoms with Gasteiger partial charge < -0.3 is 15.2 Å². The van der Waals surface area contributed by atoms with E-state index in [0.29, 0.717) is 0 Å². The number of nitrogens with two attached hydrogens (primary N) is 1. The smallest absolute Gasteiger partial charge is 0.244 e. The molecule has 1 unspecified atom stereocenters. The van der Waals surface area contributed by atoms with Crippen molar-refractivity contribution in [1.82, 2.24) is 4.72 Å². The fourth-order valence-electron chi connectivity index (χ4n) is 2.14. The second-order valence-electron chi connectivity index (χ2n) is 5.30. The minimum absolute atomic E-state index is 0. The van der Waals surface area contributed by atoms with Crippen molar-refractivity contribution in [2.45, 2.75) is 10.9 Å². The van der Waals surface area contributed by atoms with Gasteiger partial charge in [0, 0.05) is 19.7 Å². The maximum Gasteiger partial charge on any atom is 0.244 e. The van der Waals surface area contributed by atoms with Gasteiger partial charge in [0.15, 0.2) is 0 Å². The van der Waals surface area contributed by atoms with Gasteiger partial charge in [-0.1, -0.05) is 30.3 Å². The monoisotopic (exact) mass is 404 g/mol. The zero-order valence-electron chi connectivity index (χ0n) is 14.2. The number of nitrogens with one attached hydrogen (secondary N) is 1. The molecule has 26 heavy (non-hydrogen) atoms. The molecule has 0 aromatic heterocycles. The largest absolute Gasteiger partial charge is 0.490 e. The Hall–Kier alpha value is -1.71. The molecule has 0 aliphatic rings. The van der Waals surface area contributed by atoms with Crippen molar-refractivity contribution in [1.29, 1.82) is 0 Å². The van der Waals surface area contributed by atoms with Crippen LogP contribution in [0.5, 0.6) is 5.75 Å². The van der Waals surface area contributed by atoms with Crippen LogP contribution in [0.25, 0.3) is 0 Å². The summed E-state index contributed by atoms with van der Waals surface area (Å²) in [5.41, 5.74) is 6.79. The summed E-state index contributed by atoms with van der Waals surface area (Å²) in [4.78, 5) is -0.274. The second kappa shape index (κ2) is 10.4. The first-order chi connectivity index (χ1) is 11.9. The minimum atomic E-state index is -3.99. The lowest BCUT2D eigenvalue weighted by Gasteiger charge is -2.16. The van der Waals surface area contributed by atoms with E-state index in [-0.39, 0.29) is 42.8 Å². The van der Waals surface area contributed by atoms with E-state index in [0.717, 1.165) is 17.7 Å². The summed E-state index contributed by atoms with van der Waals surface area (Å²) < 4.78 is 51.2. The minimum Gasteiger partial charge on any atom is -0.490 e. The number of methoxy groups -OCH3 is 1. The molecule has 9 heteroatoms. The lowest BCUT2D eigenvalue weighted by molar-refractivity contribution is 0.144. The first-order valence-electron chi connectivity index (χ1n) is 7.65. The molecule has 0 spiro atoms. The lowest BCUT2D eigenvalue weighted by atomic mass is 10.1. The van der Waals surface area contributed by atoms with Crippen molar-refractivity contribution < 1.29 is 22.3 Å². The molecule has 0 bridgehead atoms. The Balaban J connectivity index is 0.00000338. The Kier molecular flexibility index (Phi) is 8.97. The Morgan fingerprint density at radius 2 is 1.85 bits per heavy atom. The second-order valence-corrected chi connectivity index (χ2v) is 7.04. The van der Waals surface area contributed by atoms with Crippen LogP contribution in [0.4, 0.5) is 4.39 Å². The van der Waals surface area contributed by atoms with Crippen molar-refractivity contribution in [3.63, 3.8) is 0 Å².